The SMILES string of the molecule is [C]1=CCCCC=CCCCCCCC1. The van der Waals surface area contributed by atoms with E-state index in [-0.39, 0.29) is 0 Å². The van der Waals surface area contributed by atoms with Gasteiger partial charge < -0.3 is 0 Å². The molecular weight excluding hydrogens is 168 g/mol. The highest BCUT2D eigenvalue weighted by Crippen LogP contribution is 2.09. The van der Waals surface area contributed by atoms with E-state index in [0.717, 1.165) is 0 Å². The molecule has 79 valence electrons. The molecule has 0 aliphatic heterocycles. The third-order valence-electron chi connectivity index (χ3n) is 2.72. The standard InChI is InChI=1S/C14H23/c1-2-4-6-8-10-12-14-13-11-9-7-5-3-1/h1-2,9H,3-8,10,12-14H2. The van der Waals surface area contributed by atoms with E-state index >= 15 is 0 Å². The minimum Gasteiger partial charge on any atom is -0.0885 e. The largest absolute Gasteiger partial charge is 0.0885 e. The zero-order chi connectivity index (χ0) is 9.90. The first-order valence-corrected chi connectivity index (χ1v) is 6.20. The highest BCUT2D eigenvalue weighted by molar-refractivity contribution is 4.83. The molecule has 0 amide bonds. The molecule has 0 aromatic carbocycles. The first-order chi connectivity index (χ1) is 7.00. The van der Waals surface area contributed by atoms with Crippen molar-refractivity contribution >= 4 is 0 Å². The monoisotopic (exact) mass is 191 g/mol. The maximum atomic E-state index is 3.39. The summed E-state index contributed by atoms with van der Waals surface area (Å²) in [5, 5.41) is 0. The topological polar surface area (TPSA) is 0 Å². The summed E-state index contributed by atoms with van der Waals surface area (Å²) in [7, 11) is 0. The molecule has 0 N–H and O–H groups in total. The van der Waals surface area contributed by atoms with Crippen LogP contribution in [0.25, 0.3) is 0 Å². The smallest absolute Gasteiger partial charge is 0.0279 e. The molecule has 0 bridgehead atoms. The van der Waals surface area contributed by atoms with Crippen LogP contribution in [0.5, 0.6) is 0 Å². The minimum atomic E-state index is 1.18. The van der Waals surface area contributed by atoms with Crippen molar-refractivity contribution in [3.8, 4) is 0 Å². The number of allylic oxidation sites excluding steroid dienone is 4. The van der Waals surface area contributed by atoms with Gasteiger partial charge in [-0.1, -0.05) is 37.5 Å². The van der Waals surface area contributed by atoms with Gasteiger partial charge in [0.1, 0.15) is 0 Å². The van der Waals surface area contributed by atoms with E-state index in [0.29, 0.717) is 0 Å². The first-order valence-electron chi connectivity index (χ1n) is 6.20. The van der Waals surface area contributed by atoms with Crippen molar-refractivity contribution in [2.24, 2.45) is 0 Å². The second-order valence-corrected chi connectivity index (χ2v) is 4.12. The third kappa shape index (κ3) is 6.94. The van der Waals surface area contributed by atoms with Crippen molar-refractivity contribution in [2.75, 3.05) is 0 Å². The number of hydrogen-bond donors (Lipinski definition) is 0. The Morgan fingerprint density at radius 3 is 2.29 bits per heavy atom. The maximum Gasteiger partial charge on any atom is -0.0279 e. The van der Waals surface area contributed by atoms with Crippen LogP contribution in [-0.2, 0) is 0 Å². The summed E-state index contributed by atoms with van der Waals surface area (Å²) in [4.78, 5) is 0. The second kappa shape index (κ2) is 9.05. The highest BCUT2D eigenvalue weighted by atomic mass is 14.0. The van der Waals surface area contributed by atoms with E-state index in [1.165, 1.54) is 64.2 Å². The normalized spacial score (nSPS) is 21.7. The van der Waals surface area contributed by atoms with Crippen molar-refractivity contribution in [1.29, 1.82) is 0 Å². The molecular formula is C14H23. The lowest BCUT2D eigenvalue weighted by Gasteiger charge is -1.99. The molecule has 1 radical (unpaired) electrons. The van der Waals surface area contributed by atoms with Gasteiger partial charge in [-0.25, -0.2) is 0 Å². The van der Waals surface area contributed by atoms with Gasteiger partial charge in [-0.15, -0.1) is 0 Å². The molecule has 1 aliphatic carbocycles. The Labute approximate surface area is 89.1 Å². The van der Waals surface area contributed by atoms with Gasteiger partial charge in [0.25, 0.3) is 0 Å². The van der Waals surface area contributed by atoms with Crippen molar-refractivity contribution < 1.29 is 0 Å². The molecule has 0 unspecified atom stereocenters. The van der Waals surface area contributed by atoms with Crippen LogP contribution < -0.4 is 0 Å². The molecule has 0 aromatic heterocycles. The average molecular weight is 191 g/mol. The summed E-state index contributed by atoms with van der Waals surface area (Å²) < 4.78 is 0. The summed E-state index contributed by atoms with van der Waals surface area (Å²) in [6, 6.07) is 0. The summed E-state index contributed by atoms with van der Waals surface area (Å²) >= 11 is 0. The van der Waals surface area contributed by atoms with E-state index in [9.17, 15) is 0 Å². The van der Waals surface area contributed by atoms with E-state index < -0.39 is 0 Å². The Hall–Kier alpha value is -0.520. The Bertz CT molecular complexity index is 147. The predicted molar refractivity (Wildman–Crippen MR) is 63.1 cm³/mol. The Morgan fingerprint density at radius 2 is 1.36 bits per heavy atom. The summed E-state index contributed by atoms with van der Waals surface area (Å²) in [6.07, 6.45) is 23.5. The molecule has 0 spiro atoms. The van der Waals surface area contributed by atoms with Crippen LogP contribution in [-0.4, -0.2) is 0 Å². The van der Waals surface area contributed by atoms with Crippen LogP contribution in [0.2, 0.25) is 0 Å². The first kappa shape index (κ1) is 11.6. The molecule has 0 fully saturated rings. The number of hydrogen-bond acceptors (Lipinski definition) is 0. The van der Waals surface area contributed by atoms with Crippen LogP contribution in [0.1, 0.15) is 64.2 Å². The van der Waals surface area contributed by atoms with Crippen LogP contribution >= 0.6 is 0 Å². The highest BCUT2D eigenvalue weighted by Gasteiger charge is 1.90. The van der Waals surface area contributed by atoms with Gasteiger partial charge in [-0.2, -0.15) is 0 Å². The van der Waals surface area contributed by atoms with Crippen LogP contribution in [0.15, 0.2) is 18.2 Å². The Morgan fingerprint density at radius 1 is 0.643 bits per heavy atom. The quantitative estimate of drug-likeness (QED) is 0.482. The summed E-state index contributed by atoms with van der Waals surface area (Å²) in [5.41, 5.74) is 0. The van der Waals surface area contributed by atoms with Gasteiger partial charge in [0.2, 0.25) is 0 Å². The molecule has 0 nitrogen and oxygen atoms in total. The Balaban J connectivity index is 2.16. The van der Waals surface area contributed by atoms with Crippen LogP contribution in [0.4, 0.5) is 0 Å². The van der Waals surface area contributed by atoms with Gasteiger partial charge in [-0.05, 0) is 51.0 Å². The van der Waals surface area contributed by atoms with E-state index in [1.807, 2.05) is 0 Å². The molecule has 0 heterocycles. The lowest BCUT2D eigenvalue weighted by Crippen LogP contribution is -1.80. The van der Waals surface area contributed by atoms with E-state index in [1.54, 1.807) is 0 Å². The van der Waals surface area contributed by atoms with Crippen LogP contribution in [0, 0.1) is 6.08 Å². The van der Waals surface area contributed by atoms with Gasteiger partial charge >= 0.3 is 0 Å². The summed E-state index contributed by atoms with van der Waals surface area (Å²) in [5.74, 6) is 0. The molecule has 0 saturated heterocycles. The minimum absolute atomic E-state index is 1.18. The second-order valence-electron chi connectivity index (χ2n) is 4.12. The van der Waals surface area contributed by atoms with Crippen molar-refractivity contribution in [3.63, 3.8) is 0 Å². The van der Waals surface area contributed by atoms with Gasteiger partial charge in [-0.3, -0.25) is 0 Å². The lowest BCUT2D eigenvalue weighted by molar-refractivity contribution is 0.617. The van der Waals surface area contributed by atoms with Gasteiger partial charge in [0.05, 0.1) is 0 Å². The molecule has 0 heteroatoms. The maximum absolute atomic E-state index is 3.39. The fourth-order valence-corrected chi connectivity index (χ4v) is 1.80. The summed E-state index contributed by atoms with van der Waals surface area (Å²) in [6.45, 7) is 0. The fraction of sp³-hybridized carbons (Fsp3) is 0.714. The molecule has 0 aromatic rings. The fourth-order valence-electron chi connectivity index (χ4n) is 1.80. The Kier molecular flexibility index (Phi) is 7.47. The van der Waals surface area contributed by atoms with Crippen LogP contribution in [0.3, 0.4) is 0 Å². The predicted octanol–water partition coefficient (Wildman–Crippen LogP) is 4.82. The van der Waals surface area contributed by atoms with E-state index in [2.05, 4.69) is 24.3 Å². The molecule has 1 rings (SSSR count). The third-order valence-corrected chi connectivity index (χ3v) is 2.72. The molecule has 1 aliphatic rings. The molecule has 14 heavy (non-hydrogen) atoms. The van der Waals surface area contributed by atoms with Crippen molar-refractivity contribution in [3.05, 3.63) is 24.3 Å². The zero-order valence-corrected chi connectivity index (χ0v) is 9.30. The van der Waals surface area contributed by atoms with E-state index in [4.69, 9.17) is 0 Å². The van der Waals surface area contributed by atoms with Crippen molar-refractivity contribution in [2.45, 2.75) is 64.2 Å². The van der Waals surface area contributed by atoms with Gasteiger partial charge in [0.15, 0.2) is 0 Å². The molecule has 0 atom stereocenters. The lowest BCUT2D eigenvalue weighted by atomic mass is 10.1. The number of rotatable bonds is 0. The molecule has 0 saturated carbocycles. The van der Waals surface area contributed by atoms with Gasteiger partial charge in [0, 0.05) is 0 Å². The average Bonchev–Trinajstić information content (AvgIpc) is 2.22. The zero-order valence-electron chi connectivity index (χ0n) is 9.30. The van der Waals surface area contributed by atoms with Crippen molar-refractivity contribution in [1.82, 2.24) is 0 Å².